The molecule has 0 fully saturated rings. The molecule has 2 rings (SSSR count). The molecule has 2 amide bonds. The molecule has 0 radical (unpaired) electrons. The molecule has 0 aromatic heterocycles. The SMILES string of the molecule is CC(C#CC1C=CC(C)(Cc2ccc(F)cc2)S1)N(O)C(N)=O. The van der Waals surface area contributed by atoms with Gasteiger partial charge in [-0.2, -0.15) is 5.06 Å². The Morgan fingerprint density at radius 3 is 2.78 bits per heavy atom. The minimum atomic E-state index is -0.928. The molecule has 4 nitrogen and oxygen atoms in total. The Bertz CT molecular complexity index is 665. The van der Waals surface area contributed by atoms with Crippen molar-refractivity contribution in [1.82, 2.24) is 5.06 Å². The van der Waals surface area contributed by atoms with Crippen LogP contribution in [0.1, 0.15) is 19.4 Å². The summed E-state index contributed by atoms with van der Waals surface area (Å²) in [5.74, 6) is 5.60. The van der Waals surface area contributed by atoms with E-state index in [1.165, 1.54) is 12.1 Å². The lowest BCUT2D eigenvalue weighted by atomic mass is 10.00. The smallest absolute Gasteiger partial charge is 0.339 e. The second kappa shape index (κ2) is 7.07. The first-order valence-electron chi connectivity index (χ1n) is 7.19. The van der Waals surface area contributed by atoms with Gasteiger partial charge in [0.2, 0.25) is 0 Å². The average Bonchev–Trinajstić information content (AvgIpc) is 2.87. The van der Waals surface area contributed by atoms with Crippen molar-refractivity contribution in [2.45, 2.75) is 36.3 Å². The van der Waals surface area contributed by atoms with Crippen LogP contribution in [0.25, 0.3) is 0 Å². The fourth-order valence-electron chi connectivity index (χ4n) is 2.30. The van der Waals surface area contributed by atoms with Gasteiger partial charge >= 0.3 is 6.03 Å². The van der Waals surface area contributed by atoms with Crippen molar-refractivity contribution >= 4 is 17.8 Å². The summed E-state index contributed by atoms with van der Waals surface area (Å²) in [7, 11) is 0. The number of hydrogen-bond donors (Lipinski definition) is 2. The number of rotatable bonds is 3. The number of carbonyl (C=O) groups is 1. The molecule has 0 aliphatic carbocycles. The minimum absolute atomic E-state index is 0.0239. The predicted octanol–water partition coefficient (Wildman–Crippen LogP) is 2.96. The second-order valence-corrected chi connectivity index (χ2v) is 7.34. The van der Waals surface area contributed by atoms with E-state index in [4.69, 9.17) is 5.73 Å². The Balaban J connectivity index is 1.97. The molecule has 0 saturated carbocycles. The first-order chi connectivity index (χ1) is 10.8. The zero-order valence-electron chi connectivity index (χ0n) is 13.0. The van der Waals surface area contributed by atoms with Crippen LogP contribution in [0.4, 0.5) is 9.18 Å². The van der Waals surface area contributed by atoms with Crippen molar-refractivity contribution < 1.29 is 14.4 Å². The van der Waals surface area contributed by atoms with Gasteiger partial charge in [0.05, 0.1) is 5.25 Å². The highest BCUT2D eigenvalue weighted by Gasteiger charge is 2.30. The molecule has 23 heavy (non-hydrogen) atoms. The molecule has 3 atom stereocenters. The maximum absolute atomic E-state index is 13.0. The largest absolute Gasteiger partial charge is 0.350 e. The van der Waals surface area contributed by atoms with Gasteiger partial charge in [-0.05, 0) is 38.0 Å². The Kier molecular flexibility index (Phi) is 5.34. The highest BCUT2D eigenvalue weighted by Crippen LogP contribution is 2.39. The average molecular weight is 334 g/mol. The van der Waals surface area contributed by atoms with Crippen molar-refractivity contribution in [3.63, 3.8) is 0 Å². The van der Waals surface area contributed by atoms with Crippen LogP contribution < -0.4 is 5.73 Å². The fraction of sp³-hybridized carbons (Fsp3) is 0.353. The molecule has 6 heteroatoms. The lowest BCUT2D eigenvalue weighted by molar-refractivity contribution is -0.0536. The van der Waals surface area contributed by atoms with Gasteiger partial charge in [0, 0.05) is 4.75 Å². The standard InChI is InChI=1S/C17H19FN2O2S/c1-12(20(22)16(19)21)3-8-15-9-10-17(2,23-15)11-13-4-6-14(18)7-5-13/h4-7,9-10,12,15,22H,11H2,1-2H3,(H2,19,21). The van der Waals surface area contributed by atoms with Gasteiger partial charge in [0.25, 0.3) is 0 Å². The van der Waals surface area contributed by atoms with Crippen molar-refractivity contribution in [1.29, 1.82) is 0 Å². The van der Waals surface area contributed by atoms with E-state index in [0.717, 1.165) is 12.0 Å². The number of nitrogens with zero attached hydrogens (tertiary/aromatic N) is 1. The molecule has 0 spiro atoms. The minimum Gasteiger partial charge on any atom is -0.350 e. The molecular weight excluding hydrogens is 315 g/mol. The predicted molar refractivity (Wildman–Crippen MR) is 89.5 cm³/mol. The van der Waals surface area contributed by atoms with E-state index in [1.807, 2.05) is 6.08 Å². The lowest BCUT2D eigenvalue weighted by Gasteiger charge is -2.22. The fourth-order valence-corrected chi connectivity index (χ4v) is 3.57. The Morgan fingerprint density at radius 1 is 1.52 bits per heavy atom. The van der Waals surface area contributed by atoms with Gasteiger partial charge in [-0.3, -0.25) is 5.21 Å². The molecule has 1 heterocycles. The number of hydrogen-bond acceptors (Lipinski definition) is 3. The molecule has 3 unspecified atom stereocenters. The third-order valence-corrected chi connectivity index (χ3v) is 4.86. The van der Waals surface area contributed by atoms with E-state index < -0.39 is 12.1 Å². The number of amides is 2. The first kappa shape index (κ1) is 17.4. The third-order valence-electron chi connectivity index (χ3n) is 3.52. The molecule has 3 N–H and O–H groups in total. The van der Waals surface area contributed by atoms with E-state index in [0.29, 0.717) is 5.06 Å². The van der Waals surface area contributed by atoms with Gasteiger partial charge in [0.1, 0.15) is 11.9 Å². The van der Waals surface area contributed by atoms with Crippen LogP contribution in [-0.2, 0) is 6.42 Å². The molecule has 122 valence electrons. The molecule has 0 bridgehead atoms. The summed E-state index contributed by atoms with van der Waals surface area (Å²) in [4.78, 5) is 10.9. The van der Waals surface area contributed by atoms with Crippen LogP contribution in [0.5, 0.6) is 0 Å². The molecular formula is C17H19FN2O2S. The topological polar surface area (TPSA) is 66.6 Å². The van der Waals surface area contributed by atoms with E-state index in [9.17, 15) is 14.4 Å². The van der Waals surface area contributed by atoms with E-state index in [2.05, 4.69) is 24.8 Å². The van der Waals surface area contributed by atoms with Crippen LogP contribution in [0, 0.1) is 17.7 Å². The number of benzene rings is 1. The van der Waals surface area contributed by atoms with E-state index in [1.54, 1.807) is 30.8 Å². The molecule has 1 aromatic rings. The normalized spacial score (nSPS) is 23.9. The van der Waals surface area contributed by atoms with Crippen LogP contribution in [0.3, 0.4) is 0 Å². The summed E-state index contributed by atoms with van der Waals surface area (Å²) >= 11 is 1.68. The van der Waals surface area contributed by atoms with Gasteiger partial charge < -0.3 is 5.73 Å². The number of halogens is 1. The number of thioether (sulfide) groups is 1. The Morgan fingerprint density at radius 2 is 2.17 bits per heavy atom. The van der Waals surface area contributed by atoms with Crippen molar-refractivity contribution in [3.8, 4) is 11.8 Å². The highest BCUT2D eigenvalue weighted by molar-refractivity contribution is 8.02. The van der Waals surface area contributed by atoms with Gasteiger partial charge in [-0.15, -0.1) is 11.8 Å². The number of primary amides is 1. The number of carbonyl (C=O) groups excluding carboxylic acids is 1. The zero-order chi connectivity index (χ0) is 17.0. The Labute approximate surface area is 139 Å². The first-order valence-corrected chi connectivity index (χ1v) is 8.07. The van der Waals surface area contributed by atoms with Crippen LogP contribution in [0.2, 0.25) is 0 Å². The summed E-state index contributed by atoms with van der Waals surface area (Å²) in [6.07, 6.45) is 4.87. The summed E-state index contributed by atoms with van der Waals surface area (Å²) in [6, 6.07) is 4.90. The van der Waals surface area contributed by atoms with E-state index in [-0.39, 0.29) is 15.8 Å². The van der Waals surface area contributed by atoms with Crippen LogP contribution in [-0.4, -0.2) is 32.3 Å². The number of urea groups is 1. The summed E-state index contributed by atoms with van der Waals surface area (Å²) < 4.78 is 12.8. The quantitative estimate of drug-likeness (QED) is 0.386. The van der Waals surface area contributed by atoms with Crippen molar-refractivity contribution in [2.75, 3.05) is 0 Å². The lowest BCUT2D eigenvalue weighted by Crippen LogP contribution is -2.38. The summed E-state index contributed by atoms with van der Waals surface area (Å²) in [5, 5.41) is 9.78. The molecule has 1 aliphatic rings. The van der Waals surface area contributed by atoms with Crippen LogP contribution in [0.15, 0.2) is 36.4 Å². The second-order valence-electron chi connectivity index (χ2n) is 5.66. The number of nitrogens with two attached hydrogens (primary N) is 1. The Hall–Kier alpha value is -1.97. The maximum atomic E-state index is 13.0. The third kappa shape index (κ3) is 4.75. The number of hydroxylamine groups is 2. The van der Waals surface area contributed by atoms with Crippen molar-refractivity contribution in [3.05, 3.63) is 47.8 Å². The van der Waals surface area contributed by atoms with Gasteiger partial charge in [-0.1, -0.05) is 36.1 Å². The highest BCUT2D eigenvalue weighted by atomic mass is 32.2. The van der Waals surface area contributed by atoms with Crippen LogP contribution >= 0.6 is 11.8 Å². The molecule has 1 aliphatic heterocycles. The summed E-state index contributed by atoms with van der Waals surface area (Å²) in [5.41, 5.74) is 6.04. The maximum Gasteiger partial charge on any atom is 0.339 e. The molecule has 0 saturated heterocycles. The molecule has 1 aromatic carbocycles. The summed E-state index contributed by atoms with van der Waals surface area (Å²) in [6.45, 7) is 3.70. The zero-order valence-corrected chi connectivity index (χ0v) is 13.8. The monoisotopic (exact) mass is 334 g/mol. The van der Waals surface area contributed by atoms with Gasteiger partial charge in [0.15, 0.2) is 0 Å². The van der Waals surface area contributed by atoms with E-state index >= 15 is 0 Å². The van der Waals surface area contributed by atoms with Crippen molar-refractivity contribution in [2.24, 2.45) is 5.73 Å². The van der Waals surface area contributed by atoms with Gasteiger partial charge in [-0.25, -0.2) is 9.18 Å².